The van der Waals surface area contributed by atoms with Gasteiger partial charge in [-0.25, -0.2) is 4.98 Å². The van der Waals surface area contributed by atoms with Gasteiger partial charge in [-0.1, -0.05) is 17.8 Å². The molecule has 0 spiro atoms. The molecule has 114 valence electrons. The van der Waals surface area contributed by atoms with Crippen LogP contribution < -0.4 is 5.32 Å². The maximum atomic E-state index is 12.7. The van der Waals surface area contributed by atoms with Gasteiger partial charge in [0.15, 0.2) is 5.13 Å². The van der Waals surface area contributed by atoms with Crippen molar-refractivity contribution in [2.24, 2.45) is 0 Å². The number of anilines is 1. The second-order valence-corrected chi connectivity index (χ2v) is 7.60. The van der Waals surface area contributed by atoms with E-state index in [0.717, 1.165) is 23.4 Å². The van der Waals surface area contributed by atoms with E-state index < -0.39 is 11.7 Å². The highest BCUT2D eigenvalue weighted by Gasteiger charge is 2.36. The molecule has 0 bridgehead atoms. The van der Waals surface area contributed by atoms with Gasteiger partial charge in [0, 0.05) is 11.3 Å². The summed E-state index contributed by atoms with van der Waals surface area (Å²) in [5.41, 5.74) is -0.240. The first-order valence-corrected chi connectivity index (χ1v) is 8.73. The zero-order valence-corrected chi connectivity index (χ0v) is 13.1. The minimum absolute atomic E-state index is 0.273. The van der Waals surface area contributed by atoms with Gasteiger partial charge in [-0.05, 0) is 37.3 Å². The normalized spacial score (nSPS) is 17.7. The quantitative estimate of drug-likeness (QED) is 0.851. The standard InChI is InChI=1S/C14H15F3N2S2/c1-20-13(5-2-6-13)8-18-12-19-10-7-9(14(15,16)17)3-4-11(10)21-12/h3-4,7H,2,5-6,8H2,1H3,(H,18,19). The van der Waals surface area contributed by atoms with Gasteiger partial charge in [-0.2, -0.15) is 24.9 Å². The Bertz CT molecular complexity index is 642. The van der Waals surface area contributed by atoms with Crippen molar-refractivity contribution in [2.45, 2.75) is 30.2 Å². The Morgan fingerprint density at radius 2 is 2.14 bits per heavy atom. The highest BCUT2D eigenvalue weighted by atomic mass is 32.2. The molecular formula is C14H15F3N2S2. The molecule has 21 heavy (non-hydrogen) atoms. The van der Waals surface area contributed by atoms with E-state index in [0.29, 0.717) is 10.6 Å². The molecule has 3 rings (SSSR count). The minimum atomic E-state index is -4.32. The van der Waals surface area contributed by atoms with Gasteiger partial charge in [0.1, 0.15) is 0 Å². The van der Waals surface area contributed by atoms with E-state index in [1.54, 1.807) is 0 Å². The van der Waals surface area contributed by atoms with E-state index in [1.807, 2.05) is 11.8 Å². The number of benzene rings is 1. The van der Waals surface area contributed by atoms with Crippen molar-refractivity contribution < 1.29 is 13.2 Å². The molecule has 2 aromatic rings. The second kappa shape index (κ2) is 5.35. The lowest BCUT2D eigenvalue weighted by Gasteiger charge is -2.40. The number of thiazole rings is 1. The topological polar surface area (TPSA) is 24.9 Å². The third kappa shape index (κ3) is 2.99. The predicted octanol–water partition coefficient (Wildman–Crippen LogP) is 5.01. The van der Waals surface area contributed by atoms with Gasteiger partial charge in [-0.3, -0.25) is 0 Å². The Balaban J connectivity index is 1.78. The smallest absolute Gasteiger partial charge is 0.360 e. The molecule has 1 aliphatic carbocycles. The van der Waals surface area contributed by atoms with E-state index in [1.165, 1.54) is 36.7 Å². The first-order valence-electron chi connectivity index (χ1n) is 6.69. The molecule has 1 aliphatic rings. The summed E-state index contributed by atoms with van der Waals surface area (Å²) in [4.78, 5) is 4.28. The number of halogens is 3. The van der Waals surface area contributed by atoms with Crippen LogP contribution in [-0.2, 0) is 6.18 Å². The molecule has 1 heterocycles. The van der Waals surface area contributed by atoms with Crippen LogP contribution in [0.2, 0.25) is 0 Å². The predicted molar refractivity (Wildman–Crippen MR) is 83.2 cm³/mol. The molecule has 1 aromatic heterocycles. The Hall–Kier alpha value is -0.950. The van der Waals surface area contributed by atoms with Crippen LogP contribution in [0, 0.1) is 0 Å². The average molecular weight is 332 g/mol. The maximum Gasteiger partial charge on any atom is 0.416 e. The highest BCUT2D eigenvalue weighted by Crippen LogP contribution is 2.43. The Morgan fingerprint density at radius 1 is 1.38 bits per heavy atom. The molecule has 0 atom stereocenters. The molecular weight excluding hydrogens is 317 g/mol. The van der Waals surface area contributed by atoms with Crippen molar-refractivity contribution in [1.29, 1.82) is 0 Å². The van der Waals surface area contributed by atoms with E-state index in [9.17, 15) is 13.2 Å². The molecule has 0 unspecified atom stereocenters. The summed E-state index contributed by atoms with van der Waals surface area (Å²) in [5, 5.41) is 3.99. The molecule has 2 nitrogen and oxygen atoms in total. The summed E-state index contributed by atoms with van der Waals surface area (Å²) in [7, 11) is 0. The van der Waals surface area contributed by atoms with E-state index >= 15 is 0 Å². The zero-order valence-electron chi connectivity index (χ0n) is 11.5. The van der Waals surface area contributed by atoms with Gasteiger partial charge < -0.3 is 5.32 Å². The maximum absolute atomic E-state index is 12.7. The highest BCUT2D eigenvalue weighted by molar-refractivity contribution is 8.00. The van der Waals surface area contributed by atoms with Crippen molar-refractivity contribution in [2.75, 3.05) is 18.1 Å². The van der Waals surface area contributed by atoms with E-state index in [-0.39, 0.29) is 4.75 Å². The summed E-state index contributed by atoms with van der Waals surface area (Å²) < 4.78 is 39.1. The van der Waals surface area contributed by atoms with Crippen LogP contribution in [0.15, 0.2) is 18.2 Å². The molecule has 1 N–H and O–H groups in total. The first kappa shape index (κ1) is 15.0. The Labute approximate surface area is 129 Å². The molecule has 0 radical (unpaired) electrons. The molecule has 1 aromatic carbocycles. The van der Waals surface area contributed by atoms with Crippen LogP contribution >= 0.6 is 23.1 Å². The lowest BCUT2D eigenvalue weighted by atomic mass is 9.84. The van der Waals surface area contributed by atoms with E-state index in [2.05, 4.69) is 16.6 Å². The van der Waals surface area contributed by atoms with Crippen LogP contribution in [0.3, 0.4) is 0 Å². The summed E-state index contributed by atoms with van der Waals surface area (Å²) in [6.07, 6.45) is 1.40. The van der Waals surface area contributed by atoms with Crippen molar-refractivity contribution in [3.05, 3.63) is 23.8 Å². The monoisotopic (exact) mass is 332 g/mol. The SMILES string of the molecule is CSC1(CNc2nc3cc(C(F)(F)F)ccc3s2)CCC1. The first-order chi connectivity index (χ1) is 9.92. The third-order valence-electron chi connectivity index (χ3n) is 3.97. The Morgan fingerprint density at radius 3 is 2.71 bits per heavy atom. The number of nitrogens with zero attached hydrogens (tertiary/aromatic N) is 1. The van der Waals surface area contributed by atoms with Gasteiger partial charge in [0.05, 0.1) is 15.8 Å². The van der Waals surface area contributed by atoms with Crippen LogP contribution in [-0.4, -0.2) is 22.5 Å². The zero-order chi connectivity index (χ0) is 15.1. The number of thioether (sulfide) groups is 1. The fourth-order valence-electron chi connectivity index (χ4n) is 2.44. The molecule has 1 fully saturated rings. The summed E-state index contributed by atoms with van der Waals surface area (Å²) in [6.45, 7) is 0.820. The van der Waals surface area contributed by atoms with Crippen LogP contribution in [0.5, 0.6) is 0 Å². The van der Waals surface area contributed by atoms with Gasteiger partial charge in [-0.15, -0.1) is 0 Å². The molecule has 0 saturated heterocycles. The number of fused-ring (bicyclic) bond motifs is 1. The fraction of sp³-hybridized carbons (Fsp3) is 0.500. The number of aromatic nitrogens is 1. The van der Waals surface area contributed by atoms with Gasteiger partial charge >= 0.3 is 6.18 Å². The summed E-state index contributed by atoms with van der Waals surface area (Å²) in [5.74, 6) is 0. The molecule has 0 aliphatic heterocycles. The van der Waals surface area contributed by atoms with E-state index in [4.69, 9.17) is 0 Å². The fourth-order valence-corrected chi connectivity index (χ4v) is 4.20. The van der Waals surface area contributed by atoms with Crippen molar-refractivity contribution in [1.82, 2.24) is 4.98 Å². The number of rotatable bonds is 4. The Kier molecular flexibility index (Phi) is 3.81. The molecule has 1 saturated carbocycles. The molecule has 7 heteroatoms. The minimum Gasteiger partial charge on any atom is -0.360 e. The van der Waals surface area contributed by atoms with Crippen molar-refractivity contribution >= 4 is 38.4 Å². The van der Waals surface area contributed by atoms with Gasteiger partial charge in [0.25, 0.3) is 0 Å². The van der Waals surface area contributed by atoms with Crippen molar-refractivity contribution in [3.63, 3.8) is 0 Å². The summed E-state index contributed by atoms with van der Waals surface area (Å²) in [6, 6.07) is 3.72. The summed E-state index contributed by atoms with van der Waals surface area (Å²) >= 11 is 3.26. The number of alkyl halides is 3. The second-order valence-electron chi connectivity index (χ2n) is 5.29. The van der Waals surface area contributed by atoms with Crippen LogP contribution in [0.25, 0.3) is 10.2 Å². The average Bonchev–Trinajstić information content (AvgIpc) is 2.78. The van der Waals surface area contributed by atoms with Crippen LogP contribution in [0.1, 0.15) is 24.8 Å². The number of hydrogen-bond donors (Lipinski definition) is 1. The third-order valence-corrected chi connectivity index (χ3v) is 6.39. The number of nitrogens with one attached hydrogen (secondary N) is 1. The van der Waals surface area contributed by atoms with Crippen molar-refractivity contribution in [3.8, 4) is 0 Å². The number of hydrogen-bond acceptors (Lipinski definition) is 4. The largest absolute Gasteiger partial charge is 0.416 e. The van der Waals surface area contributed by atoms with Crippen LogP contribution in [0.4, 0.5) is 18.3 Å². The lowest BCUT2D eigenvalue weighted by Crippen LogP contribution is -2.40. The van der Waals surface area contributed by atoms with Gasteiger partial charge in [0.2, 0.25) is 0 Å². The lowest BCUT2D eigenvalue weighted by molar-refractivity contribution is -0.137. The molecule has 0 amide bonds.